The van der Waals surface area contributed by atoms with Gasteiger partial charge < -0.3 is 14.7 Å². The number of carboxylic acids is 1. The first-order valence-electron chi connectivity index (χ1n) is 7.85. The molecule has 5 nitrogen and oxygen atoms in total. The van der Waals surface area contributed by atoms with Crippen molar-refractivity contribution in [2.75, 3.05) is 13.7 Å². The maximum atomic E-state index is 13.7. The van der Waals surface area contributed by atoms with Crippen LogP contribution in [0.3, 0.4) is 0 Å². The Morgan fingerprint density at radius 1 is 1.39 bits per heavy atom. The Morgan fingerprint density at radius 2 is 2.17 bits per heavy atom. The van der Waals surface area contributed by atoms with E-state index in [9.17, 15) is 14.0 Å². The number of methoxy groups -OCH3 is 1. The maximum absolute atomic E-state index is 13.7. The molecule has 1 saturated heterocycles. The first-order valence-corrected chi connectivity index (χ1v) is 7.85. The minimum absolute atomic E-state index is 0.0320. The molecule has 2 rings (SSSR count). The van der Waals surface area contributed by atoms with Crippen LogP contribution in [-0.2, 0) is 16.0 Å². The molecule has 0 bridgehead atoms. The number of amides is 1. The second kappa shape index (κ2) is 7.94. The lowest BCUT2D eigenvalue weighted by atomic mass is 9.97. The minimum Gasteiger partial charge on any atom is -0.494 e. The summed E-state index contributed by atoms with van der Waals surface area (Å²) in [6.07, 6.45) is 3.40. The second-order valence-electron chi connectivity index (χ2n) is 5.81. The van der Waals surface area contributed by atoms with Gasteiger partial charge in [-0.2, -0.15) is 0 Å². The van der Waals surface area contributed by atoms with Crippen molar-refractivity contribution in [2.24, 2.45) is 0 Å². The number of benzene rings is 1. The van der Waals surface area contributed by atoms with Gasteiger partial charge >= 0.3 is 5.97 Å². The fourth-order valence-corrected chi connectivity index (χ4v) is 3.02. The van der Waals surface area contributed by atoms with Gasteiger partial charge in [0.25, 0.3) is 0 Å². The third kappa shape index (κ3) is 4.68. The van der Waals surface area contributed by atoms with Crippen LogP contribution in [0.25, 0.3) is 0 Å². The highest BCUT2D eigenvalue weighted by Gasteiger charge is 2.27. The van der Waals surface area contributed by atoms with Crippen molar-refractivity contribution < 1.29 is 23.8 Å². The van der Waals surface area contributed by atoms with Crippen molar-refractivity contribution in [1.29, 1.82) is 0 Å². The summed E-state index contributed by atoms with van der Waals surface area (Å²) in [4.78, 5) is 25.0. The predicted octanol–water partition coefficient (Wildman–Crippen LogP) is 2.62. The molecule has 1 atom stereocenters. The molecule has 0 radical (unpaired) electrons. The number of carbonyl (C=O) groups excluding carboxylic acids is 1. The van der Waals surface area contributed by atoms with Crippen LogP contribution >= 0.6 is 0 Å². The number of carboxylic acid groups (broad SMARTS) is 1. The van der Waals surface area contributed by atoms with E-state index in [0.717, 1.165) is 19.3 Å². The summed E-state index contributed by atoms with van der Waals surface area (Å²) < 4.78 is 18.6. The van der Waals surface area contributed by atoms with Gasteiger partial charge in [-0.3, -0.25) is 9.59 Å². The zero-order valence-electron chi connectivity index (χ0n) is 13.3. The molecule has 1 heterocycles. The van der Waals surface area contributed by atoms with Gasteiger partial charge in [0.1, 0.15) is 0 Å². The first kappa shape index (κ1) is 17.2. The molecule has 0 unspecified atom stereocenters. The molecule has 1 aliphatic heterocycles. The van der Waals surface area contributed by atoms with Gasteiger partial charge in [-0.25, -0.2) is 4.39 Å². The van der Waals surface area contributed by atoms with E-state index in [0.29, 0.717) is 18.5 Å². The summed E-state index contributed by atoms with van der Waals surface area (Å²) >= 11 is 0. The first-order chi connectivity index (χ1) is 11.0. The van der Waals surface area contributed by atoms with E-state index in [4.69, 9.17) is 9.84 Å². The van der Waals surface area contributed by atoms with Crippen molar-refractivity contribution in [3.05, 3.63) is 29.6 Å². The maximum Gasteiger partial charge on any atom is 0.303 e. The fourth-order valence-electron chi connectivity index (χ4n) is 3.02. The van der Waals surface area contributed by atoms with Crippen molar-refractivity contribution >= 4 is 11.9 Å². The minimum atomic E-state index is -0.847. The monoisotopic (exact) mass is 323 g/mol. The van der Waals surface area contributed by atoms with Crippen molar-refractivity contribution in [2.45, 2.75) is 44.6 Å². The zero-order chi connectivity index (χ0) is 16.8. The van der Waals surface area contributed by atoms with E-state index in [1.165, 1.54) is 19.2 Å². The molecule has 0 aromatic heterocycles. The molecule has 1 aromatic rings. The van der Waals surface area contributed by atoms with E-state index < -0.39 is 11.8 Å². The smallest absolute Gasteiger partial charge is 0.303 e. The normalized spacial score (nSPS) is 17.8. The summed E-state index contributed by atoms with van der Waals surface area (Å²) in [7, 11) is 1.39. The Morgan fingerprint density at radius 3 is 2.83 bits per heavy atom. The molecular weight excluding hydrogens is 301 g/mol. The van der Waals surface area contributed by atoms with E-state index in [1.807, 2.05) is 0 Å². The molecule has 1 fully saturated rings. The van der Waals surface area contributed by atoms with Gasteiger partial charge in [0.05, 0.1) is 13.5 Å². The molecule has 1 N–H and O–H groups in total. The lowest BCUT2D eigenvalue weighted by molar-refractivity contribution is -0.139. The van der Waals surface area contributed by atoms with Gasteiger partial charge in [0, 0.05) is 19.0 Å². The Balaban J connectivity index is 2.02. The zero-order valence-corrected chi connectivity index (χ0v) is 13.3. The van der Waals surface area contributed by atoms with Crippen LogP contribution < -0.4 is 4.74 Å². The highest BCUT2D eigenvalue weighted by molar-refractivity contribution is 5.79. The highest BCUT2D eigenvalue weighted by Crippen LogP contribution is 2.23. The number of nitrogens with zero attached hydrogens (tertiary/aromatic N) is 1. The van der Waals surface area contributed by atoms with E-state index in [2.05, 4.69) is 0 Å². The Bertz CT molecular complexity index is 576. The number of ether oxygens (including phenoxy) is 1. The number of aliphatic carboxylic acids is 1. The highest BCUT2D eigenvalue weighted by atomic mass is 19.1. The fraction of sp³-hybridized carbons (Fsp3) is 0.529. The van der Waals surface area contributed by atoms with E-state index >= 15 is 0 Å². The molecule has 1 aliphatic rings. The molecule has 1 amide bonds. The molecule has 0 saturated carbocycles. The third-order valence-corrected chi connectivity index (χ3v) is 4.21. The Labute approximate surface area is 135 Å². The number of likely N-dealkylation sites (tertiary alicyclic amines) is 1. The number of rotatable bonds is 6. The lowest BCUT2D eigenvalue weighted by Gasteiger charge is -2.35. The summed E-state index contributed by atoms with van der Waals surface area (Å²) in [5, 5.41) is 8.83. The van der Waals surface area contributed by atoms with Crippen LogP contribution in [-0.4, -0.2) is 41.6 Å². The number of hydrogen-bond donors (Lipinski definition) is 1. The van der Waals surface area contributed by atoms with E-state index in [-0.39, 0.29) is 30.5 Å². The molecular formula is C17H22FNO4. The van der Waals surface area contributed by atoms with Crippen LogP contribution in [0.4, 0.5) is 4.39 Å². The van der Waals surface area contributed by atoms with Crippen LogP contribution in [0, 0.1) is 5.82 Å². The van der Waals surface area contributed by atoms with Gasteiger partial charge in [-0.15, -0.1) is 0 Å². The van der Waals surface area contributed by atoms with Crippen molar-refractivity contribution in [3.8, 4) is 5.75 Å². The SMILES string of the molecule is COc1ccc(CC(=O)N2CCCC[C@H]2CCC(=O)O)cc1F. The number of piperidine rings is 1. The number of hydrogen-bond acceptors (Lipinski definition) is 3. The standard InChI is InChI=1S/C17H22FNO4/c1-23-15-7-5-12(10-14(15)18)11-16(20)19-9-3-2-4-13(19)6-8-17(21)22/h5,7,10,13H,2-4,6,8-9,11H2,1H3,(H,21,22)/t13-/m0/s1. The van der Waals surface area contributed by atoms with E-state index in [1.54, 1.807) is 11.0 Å². The summed E-state index contributed by atoms with van der Waals surface area (Å²) in [6.45, 7) is 0.641. The van der Waals surface area contributed by atoms with Crippen LogP contribution in [0.5, 0.6) is 5.75 Å². The number of carbonyl (C=O) groups is 2. The lowest BCUT2D eigenvalue weighted by Crippen LogP contribution is -2.44. The van der Waals surface area contributed by atoms with Crippen LogP contribution in [0.15, 0.2) is 18.2 Å². The second-order valence-corrected chi connectivity index (χ2v) is 5.81. The Kier molecular flexibility index (Phi) is 5.96. The van der Waals surface area contributed by atoms with Crippen molar-refractivity contribution in [3.63, 3.8) is 0 Å². The molecule has 23 heavy (non-hydrogen) atoms. The summed E-state index contributed by atoms with van der Waals surface area (Å²) in [6, 6.07) is 4.47. The topological polar surface area (TPSA) is 66.8 Å². The number of halogens is 1. The van der Waals surface area contributed by atoms with Gasteiger partial charge in [0.15, 0.2) is 11.6 Å². The molecule has 0 spiro atoms. The molecule has 1 aromatic carbocycles. The average Bonchev–Trinajstić information content (AvgIpc) is 2.53. The van der Waals surface area contributed by atoms with Gasteiger partial charge in [0.2, 0.25) is 5.91 Å². The predicted molar refractivity (Wildman–Crippen MR) is 82.9 cm³/mol. The van der Waals surface area contributed by atoms with Gasteiger partial charge in [-0.05, 0) is 43.4 Å². The largest absolute Gasteiger partial charge is 0.494 e. The Hall–Kier alpha value is -2.11. The quantitative estimate of drug-likeness (QED) is 0.874. The van der Waals surface area contributed by atoms with Crippen LogP contribution in [0.2, 0.25) is 0 Å². The van der Waals surface area contributed by atoms with Crippen molar-refractivity contribution in [1.82, 2.24) is 4.90 Å². The summed E-state index contributed by atoms with van der Waals surface area (Å²) in [5.41, 5.74) is 0.593. The molecule has 0 aliphatic carbocycles. The summed E-state index contributed by atoms with van der Waals surface area (Å²) in [5.74, 6) is -1.26. The molecule has 126 valence electrons. The third-order valence-electron chi connectivity index (χ3n) is 4.21. The average molecular weight is 323 g/mol. The van der Waals surface area contributed by atoms with Gasteiger partial charge in [-0.1, -0.05) is 6.07 Å². The van der Waals surface area contributed by atoms with Crippen LogP contribution in [0.1, 0.15) is 37.7 Å². The molecule has 6 heteroatoms.